The van der Waals surface area contributed by atoms with Crippen molar-refractivity contribution in [3.05, 3.63) is 58.7 Å². The summed E-state index contributed by atoms with van der Waals surface area (Å²) in [7, 11) is 0. The Labute approximate surface area is 165 Å². The third kappa shape index (κ3) is 8.04. The first-order chi connectivity index (χ1) is 13.1. The fraction of sp³-hybridized carbons (Fsp3) is 0.500. The lowest BCUT2D eigenvalue weighted by Gasteiger charge is -2.11. The second kappa shape index (κ2) is 11.7. The Morgan fingerprint density at radius 2 is 1.07 bits per heavy atom. The fourth-order valence-electron chi connectivity index (χ4n) is 3.12. The van der Waals surface area contributed by atoms with Crippen LogP contribution < -0.4 is 14.8 Å². The van der Waals surface area contributed by atoms with E-state index in [1.807, 2.05) is 0 Å². The van der Waals surface area contributed by atoms with Gasteiger partial charge in [0.1, 0.15) is 11.5 Å². The number of aryl methyl sites for hydroxylation is 4. The van der Waals surface area contributed by atoms with Gasteiger partial charge < -0.3 is 14.8 Å². The molecule has 148 valence electrons. The molecule has 0 unspecified atom stereocenters. The van der Waals surface area contributed by atoms with E-state index in [1.165, 1.54) is 22.3 Å². The van der Waals surface area contributed by atoms with Crippen LogP contribution in [0, 0.1) is 27.7 Å². The van der Waals surface area contributed by atoms with Gasteiger partial charge in [0.05, 0.1) is 13.2 Å². The van der Waals surface area contributed by atoms with Gasteiger partial charge in [0, 0.05) is 0 Å². The largest absolute Gasteiger partial charge is 0.493 e. The first-order valence-corrected chi connectivity index (χ1v) is 10.2. The van der Waals surface area contributed by atoms with Crippen LogP contribution in [0.2, 0.25) is 0 Å². The van der Waals surface area contributed by atoms with E-state index in [1.54, 1.807) is 0 Å². The zero-order chi connectivity index (χ0) is 19.5. The highest BCUT2D eigenvalue weighted by Gasteiger charge is 2.00. The number of hydrogen-bond acceptors (Lipinski definition) is 3. The molecular weight excluding hydrogens is 334 g/mol. The maximum Gasteiger partial charge on any atom is 0.122 e. The minimum Gasteiger partial charge on any atom is -0.493 e. The van der Waals surface area contributed by atoms with Crippen LogP contribution in [0.5, 0.6) is 11.5 Å². The molecule has 0 spiro atoms. The average molecular weight is 370 g/mol. The topological polar surface area (TPSA) is 30.5 Å². The SMILES string of the molecule is Cc1ccc(OCCCCNCCCCOc2ccc(C)cc2C)c(C)c1. The summed E-state index contributed by atoms with van der Waals surface area (Å²) in [4.78, 5) is 0. The summed E-state index contributed by atoms with van der Waals surface area (Å²) in [5, 5.41) is 3.51. The van der Waals surface area contributed by atoms with Crippen LogP contribution in [0.25, 0.3) is 0 Å². The van der Waals surface area contributed by atoms with Gasteiger partial charge in [0.25, 0.3) is 0 Å². The molecule has 0 atom stereocenters. The molecule has 27 heavy (non-hydrogen) atoms. The van der Waals surface area contributed by atoms with Crippen molar-refractivity contribution in [2.75, 3.05) is 26.3 Å². The molecule has 0 saturated heterocycles. The zero-order valence-corrected chi connectivity index (χ0v) is 17.4. The Bertz CT molecular complexity index is 637. The van der Waals surface area contributed by atoms with Crippen LogP contribution in [0.4, 0.5) is 0 Å². The first kappa shape index (κ1) is 21.3. The smallest absolute Gasteiger partial charge is 0.122 e. The summed E-state index contributed by atoms with van der Waals surface area (Å²) in [5.74, 6) is 2.02. The summed E-state index contributed by atoms with van der Waals surface area (Å²) in [5.41, 5.74) is 5.00. The number of ether oxygens (including phenoxy) is 2. The molecule has 0 radical (unpaired) electrons. The van der Waals surface area contributed by atoms with Crippen molar-refractivity contribution in [1.82, 2.24) is 5.32 Å². The molecule has 0 fully saturated rings. The predicted octanol–water partition coefficient (Wildman–Crippen LogP) is 5.53. The van der Waals surface area contributed by atoms with E-state index < -0.39 is 0 Å². The van der Waals surface area contributed by atoms with Crippen molar-refractivity contribution in [2.24, 2.45) is 0 Å². The summed E-state index contributed by atoms with van der Waals surface area (Å²) < 4.78 is 11.7. The van der Waals surface area contributed by atoms with Crippen molar-refractivity contribution in [3.63, 3.8) is 0 Å². The number of nitrogens with one attached hydrogen (secondary N) is 1. The van der Waals surface area contributed by atoms with E-state index in [-0.39, 0.29) is 0 Å². The highest BCUT2D eigenvalue weighted by Crippen LogP contribution is 2.19. The Balaban J connectivity index is 1.43. The van der Waals surface area contributed by atoms with E-state index in [0.29, 0.717) is 0 Å². The quantitative estimate of drug-likeness (QED) is 0.499. The molecule has 1 N–H and O–H groups in total. The number of benzene rings is 2. The van der Waals surface area contributed by atoms with Gasteiger partial charge in [0.2, 0.25) is 0 Å². The van der Waals surface area contributed by atoms with Gasteiger partial charge in [-0.1, -0.05) is 35.4 Å². The maximum atomic E-state index is 5.87. The summed E-state index contributed by atoms with van der Waals surface area (Å²) in [6, 6.07) is 12.7. The normalized spacial score (nSPS) is 10.8. The summed E-state index contributed by atoms with van der Waals surface area (Å²) >= 11 is 0. The van der Waals surface area contributed by atoms with Crippen LogP contribution in [0.1, 0.15) is 47.9 Å². The summed E-state index contributed by atoms with van der Waals surface area (Å²) in [6.07, 6.45) is 4.44. The molecular formula is C24H35NO2. The lowest BCUT2D eigenvalue weighted by atomic mass is 10.1. The molecule has 3 nitrogen and oxygen atoms in total. The molecule has 2 aromatic carbocycles. The third-order valence-corrected chi connectivity index (χ3v) is 4.67. The van der Waals surface area contributed by atoms with Gasteiger partial charge in [-0.25, -0.2) is 0 Å². The van der Waals surface area contributed by atoms with E-state index in [9.17, 15) is 0 Å². The lowest BCUT2D eigenvalue weighted by molar-refractivity contribution is 0.299. The second-order valence-electron chi connectivity index (χ2n) is 7.40. The minimum absolute atomic E-state index is 0.787. The Morgan fingerprint density at radius 3 is 1.48 bits per heavy atom. The van der Waals surface area contributed by atoms with Gasteiger partial charge >= 0.3 is 0 Å². The minimum atomic E-state index is 0.787. The molecule has 0 saturated carbocycles. The summed E-state index contributed by atoms with van der Waals surface area (Å²) in [6.45, 7) is 12.1. The van der Waals surface area contributed by atoms with Gasteiger partial charge in [-0.2, -0.15) is 0 Å². The van der Waals surface area contributed by atoms with Gasteiger partial charge in [-0.3, -0.25) is 0 Å². The van der Waals surface area contributed by atoms with Crippen LogP contribution in [-0.4, -0.2) is 26.3 Å². The predicted molar refractivity (Wildman–Crippen MR) is 114 cm³/mol. The van der Waals surface area contributed by atoms with Crippen LogP contribution in [-0.2, 0) is 0 Å². The zero-order valence-electron chi connectivity index (χ0n) is 17.4. The van der Waals surface area contributed by atoms with Crippen LogP contribution >= 0.6 is 0 Å². The Kier molecular flexibility index (Phi) is 9.20. The van der Waals surface area contributed by atoms with Crippen LogP contribution in [0.3, 0.4) is 0 Å². The average Bonchev–Trinajstić information content (AvgIpc) is 2.62. The monoisotopic (exact) mass is 369 g/mol. The second-order valence-corrected chi connectivity index (χ2v) is 7.40. The maximum absolute atomic E-state index is 5.87. The Morgan fingerprint density at radius 1 is 0.630 bits per heavy atom. The van der Waals surface area contributed by atoms with Crippen molar-refractivity contribution >= 4 is 0 Å². The molecule has 0 aliphatic rings. The van der Waals surface area contributed by atoms with Crippen molar-refractivity contribution in [1.29, 1.82) is 0 Å². The molecule has 2 rings (SSSR count). The molecule has 0 aromatic heterocycles. The Hall–Kier alpha value is -2.00. The fourth-order valence-corrected chi connectivity index (χ4v) is 3.12. The van der Waals surface area contributed by atoms with E-state index >= 15 is 0 Å². The van der Waals surface area contributed by atoms with E-state index in [4.69, 9.17) is 9.47 Å². The van der Waals surface area contributed by atoms with Gasteiger partial charge in [0.15, 0.2) is 0 Å². The molecule has 0 aliphatic carbocycles. The van der Waals surface area contributed by atoms with E-state index in [0.717, 1.165) is 63.5 Å². The molecule has 2 aromatic rings. The van der Waals surface area contributed by atoms with Crippen molar-refractivity contribution < 1.29 is 9.47 Å². The van der Waals surface area contributed by atoms with Crippen molar-refractivity contribution in [2.45, 2.75) is 53.4 Å². The molecule has 0 bridgehead atoms. The van der Waals surface area contributed by atoms with E-state index in [2.05, 4.69) is 69.4 Å². The van der Waals surface area contributed by atoms with Crippen LogP contribution in [0.15, 0.2) is 36.4 Å². The molecule has 0 aliphatic heterocycles. The number of rotatable bonds is 12. The third-order valence-electron chi connectivity index (χ3n) is 4.67. The number of unbranched alkanes of at least 4 members (excludes halogenated alkanes) is 2. The highest BCUT2D eigenvalue weighted by atomic mass is 16.5. The highest BCUT2D eigenvalue weighted by molar-refractivity contribution is 5.36. The first-order valence-electron chi connectivity index (χ1n) is 10.2. The molecule has 3 heteroatoms. The number of hydrogen-bond donors (Lipinski definition) is 1. The van der Waals surface area contributed by atoms with Crippen molar-refractivity contribution in [3.8, 4) is 11.5 Å². The lowest BCUT2D eigenvalue weighted by Crippen LogP contribution is -2.18. The standard InChI is InChI=1S/C24H35NO2/c1-19-9-11-23(21(3)17-19)26-15-7-5-13-25-14-6-8-16-27-24-12-10-20(2)18-22(24)4/h9-12,17-18,25H,5-8,13-16H2,1-4H3. The van der Waals surface area contributed by atoms with Gasteiger partial charge in [-0.05, 0) is 89.7 Å². The van der Waals surface area contributed by atoms with Gasteiger partial charge in [-0.15, -0.1) is 0 Å². The molecule has 0 heterocycles. The molecule has 0 amide bonds.